The Balaban J connectivity index is 0.000000223. The molecule has 1 aliphatic rings. The fourth-order valence-corrected chi connectivity index (χ4v) is 10.4. The van der Waals surface area contributed by atoms with Crippen LogP contribution in [0.4, 0.5) is 23.2 Å². The first-order valence-corrected chi connectivity index (χ1v) is 25.0. The molecule has 0 atom stereocenters. The van der Waals surface area contributed by atoms with Crippen LogP contribution in [-0.2, 0) is 36.0 Å². The predicted octanol–water partition coefficient (Wildman–Crippen LogP) is 14.1. The number of hydrogen-bond acceptors (Lipinski definition) is 6. The molecule has 0 spiro atoms. The van der Waals surface area contributed by atoms with Crippen LogP contribution >= 0.6 is 11.6 Å². The minimum atomic E-state index is -4.53. The normalized spacial score (nSPS) is 12.7. The smallest absolute Gasteiger partial charge is 0.356 e. The molecule has 0 radical (unpaired) electrons. The Kier molecular flexibility index (Phi) is 15.8. The lowest BCUT2D eigenvalue weighted by Crippen LogP contribution is -2.15. The Hall–Kier alpha value is -6.64. The first kappa shape index (κ1) is 51.2. The van der Waals surface area contributed by atoms with Crippen molar-refractivity contribution in [3.05, 3.63) is 192 Å². The van der Waals surface area contributed by atoms with Crippen molar-refractivity contribution in [2.75, 3.05) is 0 Å². The van der Waals surface area contributed by atoms with Crippen LogP contribution in [0.1, 0.15) is 81.9 Å². The van der Waals surface area contributed by atoms with E-state index in [1.807, 2.05) is 41.8 Å². The number of non-ortho nitro benzene ring substituents is 1. The molecular weight excluding hydrogens is 942 g/mol. The van der Waals surface area contributed by atoms with Crippen molar-refractivity contribution in [2.24, 2.45) is 13.0 Å². The molecule has 0 bridgehead atoms. The van der Waals surface area contributed by atoms with E-state index in [-0.39, 0.29) is 48.5 Å². The molecule has 0 aliphatic heterocycles. The lowest BCUT2D eigenvalue weighted by Gasteiger charge is -2.18. The minimum Gasteiger partial charge on any atom is -0.356 e. The molecule has 15 heteroatoms. The molecule has 1 fully saturated rings. The van der Waals surface area contributed by atoms with E-state index in [0.717, 1.165) is 79.1 Å². The Morgan fingerprint density at radius 2 is 1.33 bits per heavy atom. The van der Waals surface area contributed by atoms with E-state index in [4.69, 9.17) is 11.6 Å². The second-order valence-corrected chi connectivity index (χ2v) is 20.0. The largest absolute Gasteiger partial charge is 0.417 e. The van der Waals surface area contributed by atoms with E-state index >= 15 is 0 Å². The van der Waals surface area contributed by atoms with E-state index in [1.54, 1.807) is 36.3 Å². The predicted molar refractivity (Wildman–Crippen MR) is 267 cm³/mol. The number of aryl methyl sites for hydroxylation is 2. The maximum atomic E-state index is 14.9. The zero-order valence-electron chi connectivity index (χ0n) is 39.1. The fraction of sp³-hybridized carbons (Fsp3) is 0.273. The summed E-state index contributed by atoms with van der Waals surface area (Å²) in [7, 11) is -2.32. The van der Waals surface area contributed by atoms with E-state index in [9.17, 15) is 45.7 Å². The molecule has 1 saturated carbocycles. The highest BCUT2D eigenvalue weighted by molar-refractivity contribution is 7.91. The monoisotopic (exact) mass is 993 g/mol. The minimum absolute atomic E-state index is 0.0424. The average Bonchev–Trinajstić information content (AvgIpc) is 4.16. The second-order valence-electron chi connectivity index (χ2n) is 17.7. The van der Waals surface area contributed by atoms with Gasteiger partial charge in [-0.3, -0.25) is 19.7 Å². The van der Waals surface area contributed by atoms with Crippen LogP contribution in [-0.4, -0.2) is 22.5 Å². The van der Waals surface area contributed by atoms with Crippen LogP contribution < -0.4 is 10.9 Å². The molecule has 5 aromatic carbocycles. The van der Waals surface area contributed by atoms with Crippen LogP contribution in [0.15, 0.2) is 153 Å². The van der Waals surface area contributed by atoms with Gasteiger partial charge in [0, 0.05) is 83.4 Å². The van der Waals surface area contributed by atoms with Gasteiger partial charge in [0.2, 0.25) is 9.84 Å². The Morgan fingerprint density at radius 1 is 0.714 bits per heavy atom. The van der Waals surface area contributed by atoms with Gasteiger partial charge >= 0.3 is 6.18 Å². The van der Waals surface area contributed by atoms with Crippen LogP contribution in [0.2, 0.25) is 5.02 Å². The Labute approximate surface area is 409 Å². The second kappa shape index (κ2) is 21.6. The van der Waals surface area contributed by atoms with Crippen molar-refractivity contribution in [1.29, 1.82) is 0 Å². The lowest BCUT2D eigenvalue weighted by molar-refractivity contribution is -0.384. The van der Waals surface area contributed by atoms with Crippen LogP contribution in [0.3, 0.4) is 0 Å². The molecule has 2 heterocycles. The van der Waals surface area contributed by atoms with Crippen molar-refractivity contribution in [1.82, 2.24) is 9.13 Å². The summed E-state index contributed by atoms with van der Waals surface area (Å²) in [4.78, 5) is 37.1. The zero-order valence-corrected chi connectivity index (χ0v) is 40.7. The number of hydrogen-bond donors (Lipinski definition) is 0. The van der Waals surface area contributed by atoms with Crippen LogP contribution in [0.25, 0.3) is 44.5 Å². The van der Waals surface area contributed by atoms with Crippen LogP contribution in [0.5, 0.6) is 0 Å². The molecule has 2 aromatic heterocycles. The third kappa shape index (κ3) is 11.7. The average molecular weight is 995 g/mol. The fourth-order valence-electron chi connectivity index (χ4n) is 8.74. The SMILES string of the molecule is CCCC(CCC)c1cc(F)cc(-c2cn(CC)cc(-c3ccc(S(=O)(=O)c4ccc([N+](=O)[O-])cc4)cc3Cl)c2=O)c1.Cn1cc(-c2cccc(CC3CC3)c2)c(=O)c(-c2ccccc2C(F)(F)F)c1. The molecule has 9 nitrogen and oxygen atoms in total. The number of benzene rings is 5. The highest BCUT2D eigenvalue weighted by Crippen LogP contribution is 2.38. The van der Waals surface area contributed by atoms with Gasteiger partial charge in [-0.15, -0.1) is 0 Å². The third-order valence-corrected chi connectivity index (χ3v) is 14.5. The Bertz CT molecular complexity index is 3290. The van der Waals surface area contributed by atoms with Gasteiger partial charge < -0.3 is 9.13 Å². The van der Waals surface area contributed by atoms with Crippen molar-refractivity contribution >= 4 is 27.1 Å². The highest BCUT2D eigenvalue weighted by atomic mass is 35.5. The summed E-state index contributed by atoms with van der Waals surface area (Å²) < 4.78 is 85.1. The first-order valence-electron chi connectivity index (χ1n) is 23.1. The number of halogens is 5. The number of sulfone groups is 1. The summed E-state index contributed by atoms with van der Waals surface area (Å²) in [6.07, 6.45) is 9.16. The molecular formula is C55H52ClF4N3O6S. The first-order chi connectivity index (χ1) is 33.3. The molecule has 0 N–H and O–H groups in total. The van der Waals surface area contributed by atoms with E-state index in [0.29, 0.717) is 34.7 Å². The molecule has 8 rings (SSSR count). The number of alkyl halides is 3. The number of nitro groups is 1. The molecule has 70 heavy (non-hydrogen) atoms. The summed E-state index contributed by atoms with van der Waals surface area (Å²) in [6, 6.07) is 26.4. The summed E-state index contributed by atoms with van der Waals surface area (Å²) in [5.41, 5.74) is 2.74. The Morgan fingerprint density at radius 3 is 1.94 bits per heavy atom. The summed E-state index contributed by atoms with van der Waals surface area (Å²) in [6.45, 7) is 6.63. The summed E-state index contributed by atoms with van der Waals surface area (Å²) in [5.74, 6) is 0.486. The van der Waals surface area contributed by atoms with Gasteiger partial charge in [-0.05, 0) is 121 Å². The van der Waals surface area contributed by atoms with Gasteiger partial charge in [0.25, 0.3) is 5.69 Å². The molecule has 364 valence electrons. The van der Waals surface area contributed by atoms with E-state index < -0.39 is 37.7 Å². The van der Waals surface area contributed by atoms with Crippen molar-refractivity contribution in [3.63, 3.8) is 0 Å². The molecule has 7 aromatic rings. The number of rotatable bonds is 15. The van der Waals surface area contributed by atoms with Crippen molar-refractivity contribution in [2.45, 2.75) is 94.1 Å². The molecule has 0 saturated heterocycles. The quantitative estimate of drug-likeness (QED) is 0.0573. The number of aromatic nitrogens is 2. The number of nitrogens with zero attached hydrogens (tertiary/aromatic N) is 3. The number of pyridine rings is 2. The summed E-state index contributed by atoms with van der Waals surface area (Å²) in [5, 5.41) is 11.0. The van der Waals surface area contributed by atoms with Gasteiger partial charge in [0.15, 0.2) is 10.9 Å². The van der Waals surface area contributed by atoms with Crippen molar-refractivity contribution in [3.8, 4) is 44.5 Å². The molecule has 1 aliphatic carbocycles. The van der Waals surface area contributed by atoms with Gasteiger partial charge in [-0.25, -0.2) is 12.8 Å². The topological polar surface area (TPSA) is 121 Å². The maximum absolute atomic E-state index is 14.9. The third-order valence-electron chi connectivity index (χ3n) is 12.5. The van der Waals surface area contributed by atoms with E-state index in [1.165, 1.54) is 61.5 Å². The zero-order chi connectivity index (χ0) is 50.5. The number of nitro benzene ring substituents is 1. The standard InChI is InChI=1S/C32H32ClFN2O5S.C23H20F3NO/c1-4-7-21(8-5-2)22-15-23(17-24(34)16-22)29-19-35(6-3)20-30(32(29)37)28-14-13-27(18-31(28)33)42(40,41)26-11-9-25(10-12-26)36(38)39;1-27-13-19(17-6-4-5-16(12-17)11-15-9-10-15)22(28)20(14-27)18-7-2-3-8-21(18)23(24,25)26/h9-21H,4-8H2,1-3H3;2-8,12-15H,9-11H2,1H3. The van der Waals surface area contributed by atoms with Gasteiger partial charge in [-0.2, -0.15) is 13.2 Å². The van der Waals surface area contributed by atoms with Gasteiger partial charge in [0.1, 0.15) is 5.82 Å². The van der Waals surface area contributed by atoms with Gasteiger partial charge in [-0.1, -0.05) is 92.9 Å². The van der Waals surface area contributed by atoms with Crippen molar-refractivity contribution < 1.29 is 30.9 Å². The van der Waals surface area contributed by atoms with E-state index in [2.05, 4.69) is 13.8 Å². The lowest BCUT2D eigenvalue weighted by atomic mass is 9.88. The van der Waals surface area contributed by atoms with Crippen LogP contribution in [0, 0.1) is 21.8 Å². The molecule has 0 amide bonds. The summed E-state index contributed by atoms with van der Waals surface area (Å²) >= 11 is 6.59. The maximum Gasteiger partial charge on any atom is 0.417 e. The molecule has 0 unspecified atom stereocenters. The highest BCUT2D eigenvalue weighted by Gasteiger charge is 2.34. The van der Waals surface area contributed by atoms with Gasteiger partial charge in [0.05, 0.1) is 20.3 Å².